The van der Waals surface area contributed by atoms with E-state index < -0.39 is 24.4 Å². The molecule has 0 aliphatic carbocycles. The molecule has 1 N–H and O–H groups in total. The molecule has 2 heterocycles. The number of hydrogen-bond acceptors (Lipinski definition) is 6. The lowest BCUT2D eigenvalue weighted by molar-refractivity contribution is 0.00578. The van der Waals surface area contributed by atoms with Crippen molar-refractivity contribution in [2.24, 2.45) is 0 Å². The minimum absolute atomic E-state index is 0.170. The van der Waals surface area contributed by atoms with Crippen molar-refractivity contribution in [2.45, 2.75) is 52.4 Å². The van der Waals surface area contributed by atoms with Gasteiger partial charge in [-0.15, -0.1) is 0 Å². The molecule has 1 aromatic carbocycles. The highest BCUT2D eigenvalue weighted by molar-refractivity contribution is 6.56. The van der Waals surface area contributed by atoms with Crippen molar-refractivity contribution in [3.05, 3.63) is 70.5 Å². The molecule has 0 radical (unpaired) electrons. The molecular formula is C24H28BN3O4. The molecular weight excluding hydrogens is 405 g/mol. The molecule has 8 heteroatoms. The van der Waals surface area contributed by atoms with E-state index >= 15 is 0 Å². The van der Waals surface area contributed by atoms with Crippen molar-refractivity contribution in [1.29, 1.82) is 5.26 Å². The largest absolute Gasteiger partial charge is 0.492 e. The van der Waals surface area contributed by atoms with Crippen molar-refractivity contribution < 1.29 is 18.8 Å². The zero-order chi connectivity index (χ0) is 23.4. The maximum atomic E-state index is 12.3. The number of aryl methyl sites for hydroxylation is 1. The van der Waals surface area contributed by atoms with Crippen LogP contribution in [0.3, 0.4) is 0 Å². The van der Waals surface area contributed by atoms with Crippen molar-refractivity contribution >= 4 is 19.3 Å². The van der Waals surface area contributed by atoms with Crippen LogP contribution in [0.1, 0.15) is 50.1 Å². The van der Waals surface area contributed by atoms with Gasteiger partial charge in [0.25, 0.3) is 0 Å². The topological polar surface area (TPSA) is 93.5 Å². The smallest absolute Gasteiger partial charge is 0.445 e. The normalized spacial score (nSPS) is 17.0. The summed E-state index contributed by atoms with van der Waals surface area (Å²) in [6.45, 7) is 10.1. The number of hydrogen-bond donors (Lipinski definition) is 1. The van der Waals surface area contributed by atoms with Crippen molar-refractivity contribution in [2.75, 3.05) is 6.54 Å². The molecule has 1 aromatic heterocycles. The van der Waals surface area contributed by atoms with E-state index in [1.165, 1.54) is 0 Å². The molecule has 1 aliphatic rings. The van der Waals surface area contributed by atoms with Crippen LogP contribution in [0, 0.1) is 18.3 Å². The predicted molar refractivity (Wildman–Crippen MR) is 122 cm³/mol. The Hall–Kier alpha value is -3.15. The van der Waals surface area contributed by atoms with Crippen LogP contribution in [0.15, 0.2) is 48.1 Å². The van der Waals surface area contributed by atoms with Gasteiger partial charge < -0.3 is 19.4 Å². The minimum atomic E-state index is -0.648. The molecule has 1 saturated heterocycles. The number of benzene rings is 1. The van der Waals surface area contributed by atoms with Crippen LogP contribution in [-0.4, -0.2) is 35.9 Å². The van der Waals surface area contributed by atoms with Gasteiger partial charge in [0, 0.05) is 12.7 Å². The number of aromatic nitrogens is 1. The molecule has 0 unspecified atom stereocenters. The average Bonchev–Trinajstić information content (AvgIpc) is 2.97. The van der Waals surface area contributed by atoms with Gasteiger partial charge in [-0.2, -0.15) is 5.26 Å². The summed E-state index contributed by atoms with van der Waals surface area (Å²) in [7, 11) is -0.648. The number of carbonyl (C=O) groups excluding carboxylic acids is 1. The Morgan fingerprint density at radius 2 is 1.88 bits per heavy atom. The lowest BCUT2D eigenvalue weighted by atomic mass is 9.77. The number of amides is 1. The fourth-order valence-corrected chi connectivity index (χ4v) is 3.15. The lowest BCUT2D eigenvalue weighted by Gasteiger charge is -2.32. The fourth-order valence-electron chi connectivity index (χ4n) is 3.15. The standard InChI is InChI=1S/C24H28BN3O4/c1-17-11-19(14-27-21(17)13-26)12-20(25-31-23(2,3)24(4,5)32-25)15-28-22(29)30-16-18-9-7-6-8-10-18/h6-12,14H,15-16H2,1-5H3,(H,28,29). The van der Waals surface area contributed by atoms with Gasteiger partial charge in [0.05, 0.1) is 11.2 Å². The summed E-state index contributed by atoms with van der Waals surface area (Å²) in [6.07, 6.45) is 2.94. The number of nitrogens with zero attached hydrogens (tertiary/aromatic N) is 2. The number of pyridine rings is 1. The van der Waals surface area contributed by atoms with E-state index in [9.17, 15) is 4.79 Å². The van der Waals surface area contributed by atoms with Crippen LogP contribution in [0.2, 0.25) is 0 Å². The molecule has 0 atom stereocenters. The van der Waals surface area contributed by atoms with Gasteiger partial charge in [0.1, 0.15) is 18.4 Å². The van der Waals surface area contributed by atoms with Crippen molar-refractivity contribution in [3.8, 4) is 6.07 Å². The van der Waals surface area contributed by atoms with Crippen LogP contribution >= 0.6 is 0 Å². The van der Waals surface area contributed by atoms with E-state index in [4.69, 9.17) is 19.3 Å². The summed E-state index contributed by atoms with van der Waals surface area (Å²) in [5, 5.41) is 11.9. The minimum Gasteiger partial charge on any atom is -0.445 e. The van der Waals surface area contributed by atoms with E-state index in [2.05, 4.69) is 16.4 Å². The Labute approximate surface area is 189 Å². The Bertz CT molecular complexity index is 1030. The number of rotatable bonds is 6. The van der Waals surface area contributed by atoms with Crippen LogP contribution in [0.4, 0.5) is 4.79 Å². The van der Waals surface area contributed by atoms with E-state index in [0.29, 0.717) is 11.2 Å². The Balaban J connectivity index is 1.76. The first kappa shape index (κ1) is 23.5. The maximum Gasteiger partial charge on any atom is 0.492 e. The third kappa shape index (κ3) is 5.55. The average molecular weight is 433 g/mol. The molecule has 0 spiro atoms. The van der Waals surface area contributed by atoms with Crippen molar-refractivity contribution in [1.82, 2.24) is 10.3 Å². The molecule has 1 aliphatic heterocycles. The highest BCUT2D eigenvalue weighted by Gasteiger charge is 2.52. The third-order valence-corrected chi connectivity index (χ3v) is 5.76. The quantitative estimate of drug-likeness (QED) is 0.687. The highest BCUT2D eigenvalue weighted by Crippen LogP contribution is 2.38. The van der Waals surface area contributed by atoms with Crippen molar-refractivity contribution in [3.63, 3.8) is 0 Å². The molecule has 166 valence electrons. The number of ether oxygens (including phenoxy) is 1. The molecule has 0 bridgehead atoms. The molecule has 3 rings (SSSR count). The summed E-state index contributed by atoms with van der Waals surface area (Å²) < 4.78 is 17.7. The first-order chi connectivity index (χ1) is 15.1. The van der Waals surface area contributed by atoms with Gasteiger partial charge in [-0.3, -0.25) is 0 Å². The summed E-state index contributed by atoms with van der Waals surface area (Å²) in [6, 6.07) is 13.4. The zero-order valence-electron chi connectivity index (χ0n) is 19.1. The molecule has 1 fully saturated rings. The van der Waals surface area contributed by atoms with E-state index in [0.717, 1.165) is 16.7 Å². The fraction of sp³-hybridized carbons (Fsp3) is 0.375. The van der Waals surface area contributed by atoms with Gasteiger partial charge in [-0.25, -0.2) is 9.78 Å². The van der Waals surface area contributed by atoms with Gasteiger partial charge >= 0.3 is 13.2 Å². The van der Waals surface area contributed by atoms with Gasteiger partial charge in [-0.1, -0.05) is 36.4 Å². The predicted octanol–water partition coefficient (Wildman–Crippen LogP) is 4.20. The van der Waals surface area contributed by atoms with Gasteiger partial charge in [-0.05, 0) is 62.8 Å². The molecule has 7 nitrogen and oxygen atoms in total. The number of nitriles is 1. The number of nitrogens with one attached hydrogen (secondary N) is 1. The third-order valence-electron chi connectivity index (χ3n) is 5.76. The first-order valence-corrected chi connectivity index (χ1v) is 10.5. The van der Waals surface area contributed by atoms with Gasteiger partial charge in [0.15, 0.2) is 0 Å². The van der Waals surface area contributed by atoms with Crippen LogP contribution in [0.5, 0.6) is 0 Å². The van der Waals surface area contributed by atoms with Crippen LogP contribution in [0.25, 0.3) is 6.08 Å². The summed E-state index contributed by atoms with van der Waals surface area (Å²) in [5.74, 6) is 0. The molecule has 32 heavy (non-hydrogen) atoms. The molecule has 1 amide bonds. The SMILES string of the molecule is Cc1cc(C=C(CNC(=O)OCc2ccccc2)B2OC(C)(C)C(C)(C)O2)cnc1C#N. The summed E-state index contributed by atoms with van der Waals surface area (Å²) in [5.41, 5.74) is 2.50. The Morgan fingerprint density at radius 1 is 1.22 bits per heavy atom. The Morgan fingerprint density at radius 3 is 2.47 bits per heavy atom. The van der Waals surface area contributed by atoms with Crippen LogP contribution in [-0.2, 0) is 20.7 Å². The highest BCUT2D eigenvalue weighted by atomic mass is 16.7. The summed E-state index contributed by atoms with van der Waals surface area (Å²) in [4.78, 5) is 16.5. The number of alkyl carbamates (subject to hydrolysis) is 1. The number of carbonyl (C=O) groups is 1. The van der Waals surface area contributed by atoms with E-state index in [-0.39, 0.29) is 13.2 Å². The lowest BCUT2D eigenvalue weighted by Crippen LogP contribution is -2.41. The summed E-state index contributed by atoms with van der Waals surface area (Å²) >= 11 is 0. The molecule has 2 aromatic rings. The van der Waals surface area contributed by atoms with Crippen LogP contribution < -0.4 is 5.32 Å². The maximum absolute atomic E-state index is 12.3. The van der Waals surface area contributed by atoms with E-state index in [1.54, 1.807) is 6.20 Å². The first-order valence-electron chi connectivity index (χ1n) is 10.5. The zero-order valence-corrected chi connectivity index (χ0v) is 19.1. The monoisotopic (exact) mass is 433 g/mol. The second-order valence-electron chi connectivity index (χ2n) is 8.77. The van der Waals surface area contributed by atoms with E-state index in [1.807, 2.05) is 77.1 Å². The second-order valence-corrected chi connectivity index (χ2v) is 8.77. The Kier molecular flexibility index (Phi) is 7.02. The van der Waals surface area contributed by atoms with Gasteiger partial charge in [0.2, 0.25) is 0 Å². The second kappa shape index (κ2) is 9.55. The molecule has 0 saturated carbocycles.